The maximum Gasteiger partial charge on any atom is 0.321 e. The lowest BCUT2D eigenvalue weighted by Crippen LogP contribution is -2.41. The van der Waals surface area contributed by atoms with E-state index in [0.717, 1.165) is 18.4 Å². The largest absolute Gasteiger partial charge is 0.493 e. The van der Waals surface area contributed by atoms with Crippen LogP contribution in [0.15, 0.2) is 36.4 Å². The van der Waals surface area contributed by atoms with E-state index in [0.29, 0.717) is 54.0 Å². The van der Waals surface area contributed by atoms with Crippen LogP contribution in [0.25, 0.3) is 0 Å². The van der Waals surface area contributed by atoms with Crippen molar-refractivity contribution in [2.75, 3.05) is 39.7 Å². The Balaban J connectivity index is 1.47. The fourth-order valence-electron chi connectivity index (χ4n) is 3.83. The molecule has 1 aliphatic rings. The third-order valence-corrected chi connectivity index (χ3v) is 5.95. The van der Waals surface area contributed by atoms with Crippen LogP contribution in [-0.2, 0) is 11.3 Å². The molecule has 1 saturated heterocycles. The van der Waals surface area contributed by atoms with Crippen LogP contribution in [0.4, 0.5) is 10.5 Å². The molecule has 0 aliphatic carbocycles. The molecule has 3 rings (SSSR count). The Kier molecular flexibility index (Phi) is 8.65. The lowest BCUT2D eigenvalue weighted by Gasteiger charge is -2.31. The number of carbonyl (C=O) groups excluding carboxylic acids is 2. The summed E-state index contributed by atoms with van der Waals surface area (Å²) in [7, 11) is 4.58. The van der Waals surface area contributed by atoms with Gasteiger partial charge in [-0.3, -0.25) is 4.79 Å². The number of halogens is 1. The second-order valence-electron chi connectivity index (χ2n) is 7.88. The Morgan fingerprint density at radius 1 is 1.00 bits per heavy atom. The predicted octanol–water partition coefficient (Wildman–Crippen LogP) is 4.32. The maximum absolute atomic E-state index is 12.7. The highest BCUT2D eigenvalue weighted by molar-refractivity contribution is 6.30. The summed E-state index contributed by atoms with van der Waals surface area (Å²) in [5, 5.41) is 6.52. The van der Waals surface area contributed by atoms with Gasteiger partial charge < -0.3 is 29.7 Å². The lowest BCUT2D eigenvalue weighted by atomic mass is 9.93. The highest BCUT2D eigenvalue weighted by Gasteiger charge is 2.25. The Morgan fingerprint density at radius 3 is 2.15 bits per heavy atom. The molecule has 0 radical (unpaired) electrons. The van der Waals surface area contributed by atoms with Gasteiger partial charge in [0.05, 0.1) is 27.0 Å². The van der Waals surface area contributed by atoms with Gasteiger partial charge in [0, 0.05) is 43.2 Å². The van der Waals surface area contributed by atoms with Gasteiger partial charge in [-0.1, -0.05) is 23.7 Å². The van der Waals surface area contributed by atoms with Crippen LogP contribution in [0.5, 0.6) is 17.2 Å². The fourth-order valence-corrected chi connectivity index (χ4v) is 3.96. The van der Waals surface area contributed by atoms with Gasteiger partial charge >= 0.3 is 6.03 Å². The predicted molar refractivity (Wildman–Crippen MR) is 127 cm³/mol. The summed E-state index contributed by atoms with van der Waals surface area (Å²) in [5.41, 5.74) is 1.56. The molecule has 2 N–H and O–H groups in total. The Morgan fingerprint density at radius 2 is 1.61 bits per heavy atom. The van der Waals surface area contributed by atoms with Crippen molar-refractivity contribution < 1.29 is 23.8 Å². The molecule has 1 heterocycles. The molecule has 0 bridgehead atoms. The number of ether oxygens (including phenoxy) is 3. The standard InChI is InChI=1S/C24H30ClN3O5/c1-31-20-13-19(14-21(32-2)23(20)33-3)27-24(30)28-10-8-16(9-11-28)12-22(29)26-15-17-4-6-18(25)7-5-17/h4-7,13-14,16H,8-12,15H2,1-3H3,(H,26,29)(H,27,30). The van der Waals surface area contributed by atoms with Gasteiger partial charge in [-0.25, -0.2) is 4.79 Å². The van der Waals surface area contributed by atoms with Gasteiger partial charge in [0.15, 0.2) is 11.5 Å². The summed E-state index contributed by atoms with van der Waals surface area (Å²) < 4.78 is 16.0. The van der Waals surface area contributed by atoms with Gasteiger partial charge in [-0.05, 0) is 36.5 Å². The minimum absolute atomic E-state index is 0.0188. The highest BCUT2D eigenvalue weighted by Crippen LogP contribution is 2.40. The molecule has 33 heavy (non-hydrogen) atoms. The zero-order valence-corrected chi connectivity index (χ0v) is 19.9. The average Bonchev–Trinajstić information content (AvgIpc) is 2.83. The van der Waals surface area contributed by atoms with Crippen molar-refractivity contribution in [1.29, 1.82) is 0 Å². The second kappa shape index (κ2) is 11.7. The van der Waals surface area contributed by atoms with Crippen molar-refractivity contribution in [3.05, 3.63) is 47.0 Å². The van der Waals surface area contributed by atoms with E-state index in [-0.39, 0.29) is 17.9 Å². The zero-order chi connectivity index (χ0) is 23.8. The van der Waals surface area contributed by atoms with E-state index in [2.05, 4.69) is 10.6 Å². The first-order valence-corrected chi connectivity index (χ1v) is 11.2. The molecule has 0 unspecified atom stereocenters. The van der Waals surface area contributed by atoms with Crippen molar-refractivity contribution in [2.24, 2.45) is 5.92 Å². The number of benzene rings is 2. The van der Waals surface area contributed by atoms with Crippen LogP contribution < -0.4 is 24.8 Å². The summed E-state index contributed by atoms with van der Waals surface area (Å²) in [6, 6.07) is 10.6. The molecular weight excluding hydrogens is 446 g/mol. The van der Waals surface area contributed by atoms with E-state index in [1.807, 2.05) is 24.3 Å². The first-order chi connectivity index (χ1) is 15.9. The number of rotatable bonds is 8. The molecular formula is C24H30ClN3O5. The van der Waals surface area contributed by atoms with Gasteiger partial charge in [0.1, 0.15) is 0 Å². The van der Waals surface area contributed by atoms with E-state index in [4.69, 9.17) is 25.8 Å². The maximum atomic E-state index is 12.7. The van der Waals surface area contributed by atoms with Crippen LogP contribution in [-0.4, -0.2) is 51.3 Å². The molecule has 9 heteroatoms. The summed E-state index contributed by atoms with van der Waals surface area (Å²) in [6.07, 6.45) is 2.00. The summed E-state index contributed by atoms with van der Waals surface area (Å²) in [5.74, 6) is 1.67. The fraction of sp³-hybridized carbons (Fsp3) is 0.417. The van der Waals surface area contributed by atoms with Gasteiger partial charge in [-0.2, -0.15) is 0 Å². The van der Waals surface area contributed by atoms with Crippen LogP contribution in [0.3, 0.4) is 0 Å². The van der Waals surface area contributed by atoms with Crippen molar-refractivity contribution in [3.63, 3.8) is 0 Å². The molecule has 0 aromatic heterocycles. The molecule has 0 spiro atoms. The Bertz CT molecular complexity index is 934. The third kappa shape index (κ3) is 6.68. The number of carbonyl (C=O) groups is 2. The number of piperidine rings is 1. The van der Waals surface area contributed by atoms with Crippen molar-refractivity contribution in [1.82, 2.24) is 10.2 Å². The number of hydrogen-bond acceptors (Lipinski definition) is 5. The molecule has 3 amide bonds. The van der Waals surface area contributed by atoms with Crippen LogP contribution in [0, 0.1) is 5.92 Å². The van der Waals surface area contributed by atoms with Crippen LogP contribution >= 0.6 is 11.6 Å². The van der Waals surface area contributed by atoms with Crippen molar-refractivity contribution >= 4 is 29.2 Å². The zero-order valence-electron chi connectivity index (χ0n) is 19.2. The number of nitrogens with one attached hydrogen (secondary N) is 2. The molecule has 1 fully saturated rings. The van der Waals surface area contributed by atoms with Gasteiger partial charge in [0.25, 0.3) is 0 Å². The number of likely N-dealkylation sites (tertiary alicyclic amines) is 1. The molecule has 1 aliphatic heterocycles. The molecule has 8 nitrogen and oxygen atoms in total. The SMILES string of the molecule is COc1cc(NC(=O)N2CCC(CC(=O)NCc3ccc(Cl)cc3)CC2)cc(OC)c1OC. The van der Waals surface area contributed by atoms with Crippen molar-refractivity contribution in [3.8, 4) is 17.2 Å². The number of methoxy groups -OCH3 is 3. The monoisotopic (exact) mass is 475 g/mol. The highest BCUT2D eigenvalue weighted by atomic mass is 35.5. The Hall–Kier alpha value is -3.13. The average molecular weight is 476 g/mol. The minimum Gasteiger partial charge on any atom is -0.493 e. The first-order valence-electron chi connectivity index (χ1n) is 10.8. The van der Waals surface area contributed by atoms with Gasteiger partial charge in [-0.15, -0.1) is 0 Å². The quantitative estimate of drug-likeness (QED) is 0.593. The normalized spacial score (nSPS) is 13.9. The molecule has 0 atom stereocenters. The smallest absolute Gasteiger partial charge is 0.321 e. The number of nitrogens with zero attached hydrogens (tertiary/aromatic N) is 1. The second-order valence-corrected chi connectivity index (χ2v) is 8.32. The number of urea groups is 1. The van der Waals surface area contributed by atoms with E-state index >= 15 is 0 Å². The first kappa shape index (κ1) is 24.5. The number of anilines is 1. The molecule has 0 saturated carbocycles. The summed E-state index contributed by atoms with van der Waals surface area (Å²) in [6.45, 7) is 1.66. The molecule has 2 aromatic rings. The molecule has 178 valence electrons. The number of hydrogen-bond donors (Lipinski definition) is 2. The van der Waals surface area contributed by atoms with Gasteiger partial charge in [0.2, 0.25) is 11.7 Å². The van der Waals surface area contributed by atoms with Crippen molar-refractivity contribution in [2.45, 2.75) is 25.8 Å². The third-order valence-electron chi connectivity index (χ3n) is 5.69. The topological polar surface area (TPSA) is 89.1 Å². The minimum atomic E-state index is -0.199. The van der Waals surface area contributed by atoms with E-state index < -0.39 is 0 Å². The van der Waals surface area contributed by atoms with Crippen LogP contribution in [0.2, 0.25) is 5.02 Å². The number of amides is 3. The summed E-state index contributed by atoms with van der Waals surface area (Å²) in [4.78, 5) is 26.8. The van der Waals surface area contributed by atoms with E-state index in [9.17, 15) is 9.59 Å². The molecule has 2 aromatic carbocycles. The summed E-state index contributed by atoms with van der Waals surface area (Å²) >= 11 is 5.89. The Labute approximate surface area is 199 Å². The van der Waals surface area contributed by atoms with E-state index in [1.54, 1.807) is 17.0 Å². The van der Waals surface area contributed by atoms with Crippen LogP contribution in [0.1, 0.15) is 24.8 Å². The van der Waals surface area contributed by atoms with E-state index in [1.165, 1.54) is 21.3 Å². The lowest BCUT2D eigenvalue weighted by molar-refractivity contribution is -0.122.